The van der Waals surface area contributed by atoms with Crippen molar-refractivity contribution in [2.24, 2.45) is 0 Å². The smallest absolute Gasteiger partial charge is 0.349 e. The first-order chi connectivity index (χ1) is 20.1. The summed E-state index contributed by atoms with van der Waals surface area (Å²) in [5.74, 6) is 0.722. The molecule has 2 aromatic carbocycles. The van der Waals surface area contributed by atoms with Gasteiger partial charge in [-0.25, -0.2) is 14.8 Å². The van der Waals surface area contributed by atoms with Gasteiger partial charge in [0.1, 0.15) is 23.5 Å². The van der Waals surface area contributed by atoms with Gasteiger partial charge in [0.25, 0.3) is 0 Å². The lowest BCUT2D eigenvalue weighted by Gasteiger charge is -2.30. The second kappa shape index (κ2) is 11.6. The van der Waals surface area contributed by atoms with Crippen LogP contribution in [0.4, 0.5) is 17.3 Å². The highest BCUT2D eigenvalue weighted by atomic mass is 16.5. The van der Waals surface area contributed by atoms with Gasteiger partial charge in [0.2, 0.25) is 5.95 Å². The summed E-state index contributed by atoms with van der Waals surface area (Å²) in [6, 6.07) is 18.7. The maximum atomic E-state index is 12.9. The lowest BCUT2D eigenvalue weighted by Crippen LogP contribution is -2.38. The van der Waals surface area contributed by atoms with Gasteiger partial charge in [-0.15, -0.1) is 0 Å². The van der Waals surface area contributed by atoms with Gasteiger partial charge in [-0.2, -0.15) is 0 Å². The summed E-state index contributed by atoms with van der Waals surface area (Å²) in [6.45, 7) is 3.97. The van der Waals surface area contributed by atoms with E-state index in [9.17, 15) is 9.59 Å². The number of rotatable bonds is 8. The Labute approximate surface area is 235 Å². The van der Waals surface area contributed by atoms with E-state index in [0.29, 0.717) is 72.6 Å². The van der Waals surface area contributed by atoms with Crippen molar-refractivity contribution in [2.75, 3.05) is 36.5 Å². The molecule has 0 radical (unpaired) electrons. The first-order valence-corrected chi connectivity index (χ1v) is 13.2. The summed E-state index contributed by atoms with van der Waals surface area (Å²) < 4.78 is 17.2. The molecule has 0 saturated carbocycles. The highest BCUT2D eigenvalue weighted by molar-refractivity contribution is 6.07. The number of hydrogen-bond donors (Lipinski definition) is 1. The lowest BCUT2D eigenvalue weighted by atomic mass is 10.1. The number of anilines is 3. The first-order valence-electron chi connectivity index (χ1n) is 13.2. The van der Waals surface area contributed by atoms with Crippen molar-refractivity contribution in [3.05, 3.63) is 101 Å². The number of ether oxygens (including phenoxy) is 2. The SMILES string of the molecule is CC(=O)c1c(N2CCOCC2)c2ccc(Nc3nccc(-c4ccccc4OCc4ccncc4)n3)cc2oc1=O. The van der Waals surface area contributed by atoms with E-state index in [4.69, 9.17) is 18.9 Å². The van der Waals surface area contributed by atoms with Gasteiger partial charge in [-0.05, 0) is 55.0 Å². The Morgan fingerprint density at radius 1 is 1.02 bits per heavy atom. The van der Waals surface area contributed by atoms with Gasteiger partial charge < -0.3 is 24.1 Å². The number of fused-ring (bicyclic) bond motifs is 1. The molecule has 4 heterocycles. The monoisotopic (exact) mass is 549 g/mol. The molecule has 1 saturated heterocycles. The number of para-hydroxylation sites is 1. The van der Waals surface area contributed by atoms with Gasteiger partial charge in [0, 0.05) is 54.4 Å². The largest absolute Gasteiger partial charge is 0.488 e. The number of hydrogen-bond acceptors (Lipinski definition) is 10. The summed E-state index contributed by atoms with van der Waals surface area (Å²) in [5, 5.41) is 3.88. The average Bonchev–Trinajstić information content (AvgIpc) is 3.00. The zero-order valence-electron chi connectivity index (χ0n) is 22.4. The highest BCUT2D eigenvalue weighted by Crippen LogP contribution is 2.33. The second-order valence-corrected chi connectivity index (χ2v) is 9.51. The summed E-state index contributed by atoms with van der Waals surface area (Å²) >= 11 is 0. The Bertz CT molecular complexity index is 1770. The number of morpholine rings is 1. The Morgan fingerprint density at radius 3 is 2.63 bits per heavy atom. The Morgan fingerprint density at radius 2 is 1.83 bits per heavy atom. The van der Waals surface area contributed by atoms with Gasteiger partial charge in [-0.1, -0.05) is 12.1 Å². The van der Waals surface area contributed by atoms with E-state index in [1.807, 2.05) is 59.5 Å². The fourth-order valence-corrected chi connectivity index (χ4v) is 4.83. The third kappa shape index (κ3) is 5.64. The van der Waals surface area contributed by atoms with Gasteiger partial charge in [-0.3, -0.25) is 9.78 Å². The molecule has 0 aliphatic carbocycles. The van der Waals surface area contributed by atoms with Crippen LogP contribution in [0.3, 0.4) is 0 Å². The number of carbonyl (C=O) groups excluding carboxylic acids is 1. The molecule has 10 heteroatoms. The zero-order valence-corrected chi connectivity index (χ0v) is 22.4. The molecule has 1 aliphatic rings. The quantitative estimate of drug-likeness (QED) is 0.209. The molecule has 1 fully saturated rings. The predicted octanol–water partition coefficient (Wildman–Crippen LogP) is 5.01. The van der Waals surface area contributed by atoms with Crippen molar-refractivity contribution in [3.63, 3.8) is 0 Å². The molecule has 1 N–H and O–H groups in total. The molecule has 0 spiro atoms. The van der Waals surface area contributed by atoms with E-state index >= 15 is 0 Å². The standard InChI is InChI=1S/C31H27N5O5/c1-20(37)28-29(36-14-16-39-17-15-36)24-7-6-22(18-27(24)41-30(28)38)34-31-33-13-10-25(35-31)23-4-2-3-5-26(23)40-19-21-8-11-32-12-9-21/h2-13,18H,14-17,19H2,1H3,(H,33,34,35). The van der Waals surface area contributed by atoms with Crippen molar-refractivity contribution < 1.29 is 18.7 Å². The van der Waals surface area contributed by atoms with E-state index in [0.717, 1.165) is 11.1 Å². The van der Waals surface area contributed by atoms with Crippen LogP contribution in [0.2, 0.25) is 0 Å². The fourth-order valence-electron chi connectivity index (χ4n) is 4.83. The van der Waals surface area contributed by atoms with Crippen LogP contribution in [-0.2, 0) is 11.3 Å². The minimum atomic E-state index is -0.662. The van der Waals surface area contributed by atoms with Crippen molar-refractivity contribution >= 4 is 34.1 Å². The summed E-state index contributed by atoms with van der Waals surface area (Å²) in [7, 11) is 0. The Kier molecular flexibility index (Phi) is 7.38. The Hall–Kier alpha value is -5.09. The molecule has 1 aliphatic heterocycles. The van der Waals surface area contributed by atoms with Crippen LogP contribution in [0.25, 0.3) is 22.2 Å². The van der Waals surface area contributed by atoms with Crippen molar-refractivity contribution in [3.8, 4) is 17.0 Å². The maximum Gasteiger partial charge on any atom is 0.349 e. The number of carbonyl (C=O) groups is 1. The van der Waals surface area contributed by atoms with E-state index in [2.05, 4.69) is 15.3 Å². The third-order valence-electron chi connectivity index (χ3n) is 6.78. The maximum absolute atomic E-state index is 12.9. The Balaban J connectivity index is 1.29. The van der Waals surface area contributed by atoms with E-state index in [-0.39, 0.29) is 11.3 Å². The summed E-state index contributed by atoms with van der Waals surface area (Å²) in [5.41, 5.74) is 3.48. The molecule has 3 aromatic heterocycles. The van der Waals surface area contributed by atoms with Crippen molar-refractivity contribution in [1.29, 1.82) is 0 Å². The minimum Gasteiger partial charge on any atom is -0.488 e. The summed E-state index contributed by atoms with van der Waals surface area (Å²) in [4.78, 5) is 40.4. The molecule has 10 nitrogen and oxygen atoms in total. The number of pyridine rings is 1. The van der Waals surface area contributed by atoms with E-state index < -0.39 is 5.63 Å². The molecule has 41 heavy (non-hydrogen) atoms. The van der Waals surface area contributed by atoms with Crippen LogP contribution in [0.1, 0.15) is 22.8 Å². The predicted molar refractivity (Wildman–Crippen MR) is 155 cm³/mol. The number of ketones is 1. The van der Waals surface area contributed by atoms with Crippen LogP contribution < -0.4 is 20.6 Å². The van der Waals surface area contributed by atoms with Gasteiger partial charge in [0.15, 0.2) is 5.78 Å². The number of nitrogens with one attached hydrogen (secondary N) is 1. The zero-order chi connectivity index (χ0) is 28.2. The molecule has 5 aromatic rings. The van der Waals surface area contributed by atoms with E-state index in [1.54, 1.807) is 24.7 Å². The van der Waals surface area contributed by atoms with Crippen LogP contribution in [0.15, 0.2) is 88.5 Å². The fraction of sp³-hybridized carbons (Fsp3) is 0.194. The average molecular weight is 550 g/mol. The van der Waals surface area contributed by atoms with Crippen LogP contribution in [-0.4, -0.2) is 47.0 Å². The normalized spacial score (nSPS) is 13.2. The third-order valence-corrected chi connectivity index (χ3v) is 6.78. The van der Waals surface area contributed by atoms with Crippen molar-refractivity contribution in [1.82, 2.24) is 15.0 Å². The topological polar surface area (TPSA) is 120 Å². The number of benzene rings is 2. The highest BCUT2D eigenvalue weighted by Gasteiger charge is 2.24. The van der Waals surface area contributed by atoms with Gasteiger partial charge in [0.05, 0.1) is 24.6 Å². The molecule has 6 rings (SSSR count). The molecule has 0 unspecified atom stereocenters. The minimum absolute atomic E-state index is 0.0564. The first kappa shape index (κ1) is 26.1. The van der Waals surface area contributed by atoms with Crippen LogP contribution in [0, 0.1) is 0 Å². The molecule has 206 valence electrons. The molecule has 0 atom stereocenters. The summed E-state index contributed by atoms with van der Waals surface area (Å²) in [6.07, 6.45) is 5.13. The number of aromatic nitrogens is 3. The lowest BCUT2D eigenvalue weighted by molar-refractivity contribution is 0.101. The van der Waals surface area contributed by atoms with Crippen LogP contribution in [0.5, 0.6) is 5.75 Å². The molecular weight excluding hydrogens is 522 g/mol. The molecule has 0 bridgehead atoms. The number of nitrogens with zero attached hydrogens (tertiary/aromatic N) is 4. The molecular formula is C31H27N5O5. The van der Waals surface area contributed by atoms with E-state index in [1.165, 1.54) is 6.92 Å². The van der Waals surface area contributed by atoms with Crippen LogP contribution >= 0.6 is 0 Å². The second-order valence-electron chi connectivity index (χ2n) is 9.51. The van der Waals surface area contributed by atoms with Crippen molar-refractivity contribution in [2.45, 2.75) is 13.5 Å². The molecule has 0 amide bonds. The number of Topliss-reactive ketones (excluding diaryl/α,β-unsaturated/α-hetero) is 1. The van der Waals surface area contributed by atoms with Gasteiger partial charge >= 0.3 is 5.63 Å².